The summed E-state index contributed by atoms with van der Waals surface area (Å²) in [5, 5.41) is 22.5. The largest absolute Gasteiger partial charge is 0.376 e. The van der Waals surface area contributed by atoms with Crippen molar-refractivity contribution in [3.05, 3.63) is 412 Å². The zero-order valence-electron chi connectivity index (χ0n) is 79.5. The summed E-state index contributed by atoms with van der Waals surface area (Å²) < 4.78 is 53.0. The van der Waals surface area contributed by atoms with E-state index in [0.717, 1.165) is 56.5 Å². The smallest absolute Gasteiger partial charge is 0.257 e. The Morgan fingerprint density at radius 2 is 0.646 bits per heavy atom. The molecule has 2 saturated heterocycles. The first-order valence-corrected chi connectivity index (χ1v) is 52.8. The van der Waals surface area contributed by atoms with Gasteiger partial charge in [-0.2, -0.15) is 0 Å². The number of benzene rings is 10. The molecule has 0 aliphatic carbocycles. The summed E-state index contributed by atoms with van der Waals surface area (Å²) in [6, 6.07) is 80.6. The van der Waals surface area contributed by atoms with E-state index in [9.17, 15) is 55.2 Å². The second-order valence-electron chi connectivity index (χ2n) is 33.5. The molecule has 0 unspecified atom stereocenters. The van der Waals surface area contributed by atoms with Crippen LogP contribution in [0.1, 0.15) is 147 Å². The molecule has 2 fully saturated rings. The van der Waals surface area contributed by atoms with Gasteiger partial charge in [0.05, 0.1) is 108 Å². The molecule has 0 saturated carbocycles. The minimum absolute atomic E-state index is 0.0317. The van der Waals surface area contributed by atoms with Crippen molar-refractivity contribution in [1.29, 1.82) is 0 Å². The third-order valence-corrected chi connectivity index (χ3v) is 29.2. The first kappa shape index (κ1) is 110. The molecular formula is C111H97Cl8N13O13S2. The molecule has 0 radical (unpaired) electrons. The molecule has 5 aromatic heterocycles. The molecule has 7 heterocycles. The van der Waals surface area contributed by atoms with Crippen LogP contribution < -0.4 is 37.2 Å². The van der Waals surface area contributed by atoms with E-state index in [2.05, 4.69) is 62.1 Å². The van der Waals surface area contributed by atoms with Crippen LogP contribution in [0.2, 0.25) is 40.2 Å². The van der Waals surface area contributed by atoms with Crippen LogP contribution in [0.3, 0.4) is 0 Å². The fourth-order valence-electron chi connectivity index (χ4n) is 14.9. The van der Waals surface area contributed by atoms with Crippen LogP contribution in [0.15, 0.2) is 316 Å². The number of nitrogens with zero attached hydrogens (tertiary/aromatic N) is 6. The Bertz CT molecular complexity index is 7500. The van der Waals surface area contributed by atoms with Gasteiger partial charge in [0.1, 0.15) is 0 Å². The number of hydrogen-bond donors (Lipinski definition) is 7. The Balaban J connectivity index is 0.000000154. The summed E-state index contributed by atoms with van der Waals surface area (Å²) in [6.07, 6.45) is 12.4. The third kappa shape index (κ3) is 31.2. The Morgan fingerprint density at radius 1 is 0.340 bits per heavy atom. The van der Waals surface area contributed by atoms with E-state index in [1.165, 1.54) is 24.3 Å². The van der Waals surface area contributed by atoms with Crippen LogP contribution in [0.5, 0.6) is 0 Å². The molecule has 36 heteroatoms. The summed E-state index contributed by atoms with van der Waals surface area (Å²) in [4.78, 5) is 123. The Hall–Kier alpha value is -14.1. The fourth-order valence-corrected chi connectivity index (χ4v) is 18.6. The van der Waals surface area contributed by atoms with Gasteiger partial charge in [-0.1, -0.05) is 154 Å². The van der Waals surface area contributed by atoms with E-state index in [0.29, 0.717) is 156 Å². The van der Waals surface area contributed by atoms with Crippen molar-refractivity contribution < 1.29 is 59.9 Å². The second kappa shape index (κ2) is 52.8. The minimum atomic E-state index is -3.19. The van der Waals surface area contributed by atoms with Gasteiger partial charge in [0.2, 0.25) is 0 Å². The highest BCUT2D eigenvalue weighted by Crippen LogP contribution is 2.37. The fraction of sp³-hybridized carbons (Fsp3) is 0.162. The van der Waals surface area contributed by atoms with E-state index >= 15 is 0 Å². The Labute approximate surface area is 891 Å². The third-order valence-electron chi connectivity index (χ3n) is 22.8. The number of nitrogens with one attached hydrogen (secondary N) is 7. The molecule has 8 amide bonds. The first-order chi connectivity index (χ1) is 70.7. The number of carbonyl (C=O) groups is 8. The van der Waals surface area contributed by atoms with Gasteiger partial charge in [0.25, 0.3) is 47.3 Å². The quantitative estimate of drug-likeness (QED) is 0.0251. The Morgan fingerprint density at radius 3 is 0.939 bits per heavy atom. The zero-order chi connectivity index (χ0) is 105. The SMILES string of the molecule is CC(C)S(=O)(=O)Cc1ccc(C(=O)Nc2ccc(Cl)c(-c3ccccn3)c2)cc1.CCNC(=O)c1ccc(C(=O)Nc2ccc(Cl)c(-c3ccccn3)c2)c(Cl)c1.CCS(=O)(=O)Cc1ccc(C(=O)Nc2ccc(Cl)c(-c3ccccn3)c2)cc1.O=C(NC[C@@H]1CCCO1)c1ccc(C(=O)Nc2ccc(Cl)c(-c3ccccn3)c2)c(Cl)c1.O=C(Nc1ccc(Cl)c(-c2ccccn2)c1)c1ccc(C(=O)N2CCCC2)cc1Cl. The average molecular weight is 2170 g/mol. The van der Waals surface area contributed by atoms with Crippen LogP contribution in [0, 0.1) is 0 Å². The normalized spacial score (nSPS) is 12.4. The molecule has 752 valence electrons. The number of amides is 8. The number of likely N-dealkylation sites (tertiary alicyclic amines) is 1. The van der Waals surface area contributed by atoms with Gasteiger partial charge in [-0.3, -0.25) is 63.3 Å². The monoisotopic (exact) mass is 2160 g/mol. The van der Waals surface area contributed by atoms with Gasteiger partial charge in [-0.25, -0.2) is 16.8 Å². The van der Waals surface area contributed by atoms with Crippen LogP contribution in [-0.2, 0) is 35.9 Å². The summed E-state index contributed by atoms with van der Waals surface area (Å²) in [5.74, 6) is -2.28. The zero-order valence-corrected chi connectivity index (χ0v) is 87.2. The minimum Gasteiger partial charge on any atom is -0.376 e. The van der Waals surface area contributed by atoms with Gasteiger partial charge in [0, 0.05) is 154 Å². The maximum Gasteiger partial charge on any atom is 0.257 e. The number of hydrogen-bond acceptors (Lipinski definition) is 18. The Kier molecular flexibility index (Phi) is 39.5. The maximum atomic E-state index is 12.8. The van der Waals surface area contributed by atoms with Crippen molar-refractivity contribution in [2.24, 2.45) is 0 Å². The summed E-state index contributed by atoms with van der Waals surface area (Å²) >= 11 is 50.3. The predicted molar refractivity (Wildman–Crippen MR) is 586 cm³/mol. The van der Waals surface area contributed by atoms with Gasteiger partial charge < -0.3 is 46.9 Å². The number of aromatic nitrogens is 5. The van der Waals surface area contributed by atoms with E-state index in [1.807, 2.05) is 97.9 Å². The molecular weight excluding hydrogens is 2070 g/mol. The molecule has 7 N–H and O–H groups in total. The predicted octanol–water partition coefficient (Wildman–Crippen LogP) is 25.4. The number of sulfone groups is 2. The van der Waals surface area contributed by atoms with Crippen LogP contribution in [0.4, 0.5) is 28.4 Å². The molecule has 17 rings (SSSR count). The lowest BCUT2D eigenvalue weighted by Gasteiger charge is -2.16. The van der Waals surface area contributed by atoms with Crippen molar-refractivity contribution in [3.63, 3.8) is 0 Å². The summed E-state index contributed by atoms with van der Waals surface area (Å²) in [7, 11) is -6.30. The molecule has 2 aliphatic heterocycles. The van der Waals surface area contributed by atoms with Crippen molar-refractivity contribution in [3.8, 4) is 56.3 Å². The van der Waals surface area contributed by atoms with Crippen LogP contribution in [-0.4, -0.2) is 144 Å². The van der Waals surface area contributed by atoms with Crippen molar-refractivity contribution in [1.82, 2.24) is 40.5 Å². The maximum absolute atomic E-state index is 12.8. The lowest BCUT2D eigenvalue weighted by molar-refractivity contribution is 0.0790. The van der Waals surface area contributed by atoms with Gasteiger partial charge >= 0.3 is 0 Å². The van der Waals surface area contributed by atoms with Crippen molar-refractivity contribution in [2.75, 3.05) is 65.1 Å². The highest BCUT2D eigenvalue weighted by atomic mass is 35.5. The number of anilines is 5. The number of ether oxygens (including phenoxy) is 1. The molecule has 15 aromatic rings. The molecule has 0 spiro atoms. The lowest BCUT2D eigenvalue weighted by atomic mass is 10.1. The number of carbonyl (C=O) groups excluding carboxylic acids is 8. The highest BCUT2D eigenvalue weighted by Gasteiger charge is 2.26. The van der Waals surface area contributed by atoms with Gasteiger partial charge in [0.15, 0.2) is 19.7 Å². The topological polar surface area (TPSA) is 366 Å². The average Bonchev–Trinajstić information content (AvgIpc) is 1.27. The molecule has 147 heavy (non-hydrogen) atoms. The summed E-state index contributed by atoms with van der Waals surface area (Å²) in [5.41, 5.74) is 14.2. The molecule has 0 bridgehead atoms. The van der Waals surface area contributed by atoms with Gasteiger partial charge in [-0.05, 0) is 288 Å². The number of pyridine rings is 5. The van der Waals surface area contributed by atoms with Crippen LogP contribution in [0.25, 0.3) is 56.3 Å². The van der Waals surface area contributed by atoms with Crippen LogP contribution >= 0.6 is 92.8 Å². The molecule has 26 nitrogen and oxygen atoms in total. The highest BCUT2D eigenvalue weighted by molar-refractivity contribution is 7.91. The van der Waals surface area contributed by atoms with Crippen molar-refractivity contribution >= 4 is 188 Å². The van der Waals surface area contributed by atoms with E-state index in [-0.39, 0.29) is 90.9 Å². The van der Waals surface area contributed by atoms with Gasteiger partial charge in [-0.15, -0.1) is 0 Å². The molecule has 1 atom stereocenters. The van der Waals surface area contributed by atoms with E-state index in [4.69, 9.17) is 97.5 Å². The number of rotatable bonds is 27. The van der Waals surface area contributed by atoms with E-state index in [1.54, 1.807) is 227 Å². The van der Waals surface area contributed by atoms with E-state index < -0.39 is 30.8 Å². The lowest BCUT2D eigenvalue weighted by Crippen LogP contribution is -2.31. The second-order valence-corrected chi connectivity index (χ2v) is 41.7. The standard InChI is InChI=1S/C24H21Cl2N3O3.C23H19Cl2N3O2.C22H21ClN2O3S.C21H17Cl2N3O2.C21H19ClN2O3S/c25-20-9-7-16(13-19(20)22-5-1-2-10-27-22)29-24(31)18-8-6-15(12-21(18)26)23(30)28-14-17-4-3-11-32-17;24-19-9-7-16(14-18(19)21-5-1-2-10-26-21)27-22(29)17-8-6-15(13-20(17)25)23(30)28-11-3-4-12-28;1-15(2)29(27,28)14-16-6-8-17(9-7-16)22(26)25-18-10-11-20(23)19(13-18)21-5-3-4-12-24-21;1-2-24-20(27)13-6-8-15(18(23)11-13)21(28)26-14-7-9-17(22)16(12-14)19-5-3-4-10-25-19;1-2-28(26,27)14-15-6-8-16(9-7-15)21(25)24-17-10-11-19(22)18(13-17)20-5-3-4-12-23-20/h1-2,5-10,12-13,17H,3-4,11,14H2,(H,28,30)(H,29,31);1-2,5-10,13-14H,3-4,11-12H2,(H,27,29);3-13,15H,14H2,1-2H3,(H,25,26);3-12H,2H2,1H3,(H,24,27)(H,26,28);3-13H,2,14H2,1H3,(H,24,25)/t17-;;;;/m0..../s1. The summed E-state index contributed by atoms with van der Waals surface area (Å²) in [6.45, 7) is 9.96. The number of halogens is 8. The molecule has 10 aromatic carbocycles. The first-order valence-electron chi connectivity index (χ1n) is 46.2. The van der Waals surface area contributed by atoms with Crippen molar-refractivity contribution in [2.45, 2.75) is 76.2 Å². The molecule has 2 aliphatic rings.